The van der Waals surface area contributed by atoms with Crippen molar-refractivity contribution in [3.8, 4) is 0 Å². The van der Waals surface area contributed by atoms with Gasteiger partial charge in [0.2, 0.25) is 0 Å². The number of aromatic nitrogens is 1. The molecule has 130 valence electrons. The fourth-order valence-corrected chi connectivity index (χ4v) is 2.67. The minimum Gasteiger partial charge on any atom is -0.463 e. The molecule has 0 bridgehead atoms. The van der Waals surface area contributed by atoms with Gasteiger partial charge in [-0.2, -0.15) is 0 Å². The first-order valence-corrected chi connectivity index (χ1v) is 8.04. The Kier molecular flexibility index (Phi) is 4.56. The molecule has 3 rings (SSSR count). The van der Waals surface area contributed by atoms with Crippen molar-refractivity contribution in [2.45, 2.75) is 20.4 Å². The lowest BCUT2D eigenvalue weighted by molar-refractivity contribution is -0.384. The molecule has 0 radical (unpaired) electrons. The van der Waals surface area contributed by atoms with Crippen LogP contribution in [0.3, 0.4) is 0 Å². The molecule has 0 aliphatic carbocycles. The SMILES string of the molecule is CC(C)CNC(=O)c1cc2occc2n1Cc1cccc([N+](=O)[O-])c1. The van der Waals surface area contributed by atoms with Gasteiger partial charge in [-0.25, -0.2) is 0 Å². The van der Waals surface area contributed by atoms with Crippen molar-refractivity contribution in [2.75, 3.05) is 6.54 Å². The summed E-state index contributed by atoms with van der Waals surface area (Å²) in [6, 6.07) is 9.88. The third kappa shape index (κ3) is 3.55. The van der Waals surface area contributed by atoms with Crippen molar-refractivity contribution in [3.63, 3.8) is 0 Å². The van der Waals surface area contributed by atoms with Gasteiger partial charge in [0, 0.05) is 37.4 Å². The predicted octanol–water partition coefficient (Wildman–Crippen LogP) is 3.58. The maximum Gasteiger partial charge on any atom is 0.269 e. The number of fused-ring (bicyclic) bond motifs is 1. The number of furan rings is 1. The summed E-state index contributed by atoms with van der Waals surface area (Å²) in [6.45, 7) is 4.96. The molecule has 0 unspecified atom stereocenters. The molecule has 0 spiro atoms. The Morgan fingerprint density at radius 1 is 1.32 bits per heavy atom. The second-order valence-corrected chi connectivity index (χ2v) is 6.32. The molecule has 3 aromatic rings. The van der Waals surface area contributed by atoms with E-state index in [4.69, 9.17) is 4.42 Å². The fourth-order valence-electron chi connectivity index (χ4n) is 2.67. The topological polar surface area (TPSA) is 90.3 Å². The fraction of sp³-hybridized carbons (Fsp3) is 0.278. The van der Waals surface area contributed by atoms with Crippen molar-refractivity contribution < 1.29 is 14.1 Å². The van der Waals surface area contributed by atoms with E-state index >= 15 is 0 Å². The molecule has 1 aromatic carbocycles. The molecule has 1 amide bonds. The molecule has 0 aliphatic rings. The number of rotatable bonds is 6. The highest BCUT2D eigenvalue weighted by atomic mass is 16.6. The third-order valence-corrected chi connectivity index (χ3v) is 3.89. The van der Waals surface area contributed by atoms with Crippen molar-refractivity contribution in [2.24, 2.45) is 5.92 Å². The maximum absolute atomic E-state index is 12.5. The number of non-ortho nitro benzene ring substituents is 1. The lowest BCUT2D eigenvalue weighted by atomic mass is 10.2. The van der Waals surface area contributed by atoms with Gasteiger partial charge in [0.05, 0.1) is 16.7 Å². The van der Waals surface area contributed by atoms with E-state index in [1.807, 2.05) is 18.4 Å². The van der Waals surface area contributed by atoms with Gasteiger partial charge < -0.3 is 14.3 Å². The normalized spacial score (nSPS) is 11.2. The Bertz CT molecular complexity index is 923. The summed E-state index contributed by atoms with van der Waals surface area (Å²) >= 11 is 0. The van der Waals surface area contributed by atoms with Gasteiger partial charge in [-0.05, 0) is 11.5 Å². The van der Waals surface area contributed by atoms with Crippen LogP contribution in [-0.4, -0.2) is 21.9 Å². The van der Waals surface area contributed by atoms with Crippen LogP contribution in [0, 0.1) is 16.0 Å². The summed E-state index contributed by atoms with van der Waals surface area (Å²) in [5.74, 6) is 0.151. The van der Waals surface area contributed by atoms with Crippen LogP contribution in [0.5, 0.6) is 0 Å². The standard InChI is InChI=1S/C18H19N3O4/c1-12(2)10-19-18(22)16-9-17-15(6-7-25-17)20(16)11-13-4-3-5-14(8-13)21(23)24/h3-9,12H,10-11H2,1-2H3,(H,19,22). The van der Waals surface area contributed by atoms with Crippen LogP contribution in [0.25, 0.3) is 11.1 Å². The van der Waals surface area contributed by atoms with E-state index in [1.54, 1.807) is 30.5 Å². The van der Waals surface area contributed by atoms with E-state index in [1.165, 1.54) is 12.1 Å². The highest BCUT2D eigenvalue weighted by Crippen LogP contribution is 2.23. The van der Waals surface area contributed by atoms with Crippen LogP contribution in [0.2, 0.25) is 0 Å². The minimum atomic E-state index is -0.428. The molecule has 0 saturated carbocycles. The summed E-state index contributed by atoms with van der Waals surface area (Å²) in [7, 11) is 0. The number of nitrogens with zero attached hydrogens (tertiary/aromatic N) is 2. The van der Waals surface area contributed by atoms with Gasteiger partial charge in [0.1, 0.15) is 5.69 Å². The summed E-state index contributed by atoms with van der Waals surface area (Å²) in [6.07, 6.45) is 1.56. The van der Waals surface area contributed by atoms with Crippen LogP contribution in [0.1, 0.15) is 29.9 Å². The lowest BCUT2D eigenvalue weighted by Gasteiger charge is -2.12. The first-order valence-electron chi connectivity index (χ1n) is 8.04. The monoisotopic (exact) mass is 341 g/mol. The highest BCUT2D eigenvalue weighted by Gasteiger charge is 2.18. The molecule has 25 heavy (non-hydrogen) atoms. The van der Waals surface area contributed by atoms with E-state index in [2.05, 4.69) is 5.32 Å². The van der Waals surface area contributed by atoms with Crippen LogP contribution in [0.15, 0.2) is 47.1 Å². The average molecular weight is 341 g/mol. The largest absolute Gasteiger partial charge is 0.463 e. The number of carbonyl (C=O) groups is 1. The zero-order valence-corrected chi connectivity index (χ0v) is 14.1. The molecule has 2 heterocycles. The molecule has 0 aliphatic heterocycles. The van der Waals surface area contributed by atoms with Gasteiger partial charge in [0.25, 0.3) is 11.6 Å². The number of benzene rings is 1. The Hall–Kier alpha value is -3.09. The average Bonchev–Trinajstić information content (AvgIpc) is 3.15. The van der Waals surface area contributed by atoms with Crippen LogP contribution >= 0.6 is 0 Å². The smallest absolute Gasteiger partial charge is 0.269 e. The number of amides is 1. The second kappa shape index (κ2) is 6.80. The molecule has 1 N–H and O–H groups in total. The van der Waals surface area contributed by atoms with Gasteiger partial charge >= 0.3 is 0 Å². The number of nitrogens with one attached hydrogen (secondary N) is 1. The predicted molar refractivity (Wildman–Crippen MR) is 93.6 cm³/mol. The number of hydrogen-bond donors (Lipinski definition) is 1. The Labute approximate surface area is 144 Å². The third-order valence-electron chi connectivity index (χ3n) is 3.89. The van der Waals surface area contributed by atoms with E-state index in [0.717, 1.165) is 11.1 Å². The van der Waals surface area contributed by atoms with Crippen molar-refractivity contribution in [1.82, 2.24) is 9.88 Å². The Morgan fingerprint density at radius 2 is 2.12 bits per heavy atom. The Morgan fingerprint density at radius 3 is 2.84 bits per heavy atom. The minimum absolute atomic E-state index is 0.0268. The molecule has 2 aromatic heterocycles. The summed E-state index contributed by atoms with van der Waals surface area (Å²) in [5.41, 5.74) is 2.63. The lowest BCUT2D eigenvalue weighted by Crippen LogP contribution is -2.29. The maximum atomic E-state index is 12.5. The zero-order valence-electron chi connectivity index (χ0n) is 14.1. The zero-order chi connectivity index (χ0) is 18.0. The van der Waals surface area contributed by atoms with Gasteiger partial charge in [0.15, 0.2) is 5.58 Å². The first-order chi connectivity index (χ1) is 12.0. The van der Waals surface area contributed by atoms with Gasteiger partial charge in [-0.15, -0.1) is 0 Å². The Balaban J connectivity index is 1.95. The molecule has 0 saturated heterocycles. The molecule has 0 fully saturated rings. The number of carbonyl (C=O) groups excluding carboxylic acids is 1. The van der Waals surface area contributed by atoms with Crippen LogP contribution in [-0.2, 0) is 6.54 Å². The van der Waals surface area contributed by atoms with Crippen LogP contribution < -0.4 is 5.32 Å². The molecular weight excluding hydrogens is 322 g/mol. The molecular formula is C18H19N3O4. The number of nitro benzene ring substituents is 1. The number of hydrogen-bond acceptors (Lipinski definition) is 4. The van der Waals surface area contributed by atoms with Crippen molar-refractivity contribution in [1.29, 1.82) is 0 Å². The molecule has 0 atom stereocenters. The first kappa shape index (κ1) is 16.8. The van der Waals surface area contributed by atoms with Crippen molar-refractivity contribution >= 4 is 22.7 Å². The van der Waals surface area contributed by atoms with E-state index in [9.17, 15) is 14.9 Å². The summed E-state index contributed by atoms with van der Waals surface area (Å²) in [5, 5.41) is 13.9. The molecule has 7 nitrogen and oxygen atoms in total. The summed E-state index contributed by atoms with van der Waals surface area (Å²) in [4.78, 5) is 23.1. The van der Waals surface area contributed by atoms with E-state index in [-0.39, 0.29) is 11.6 Å². The van der Waals surface area contributed by atoms with Gasteiger partial charge in [-0.3, -0.25) is 14.9 Å². The quantitative estimate of drug-likeness (QED) is 0.548. The van der Waals surface area contributed by atoms with E-state index < -0.39 is 4.92 Å². The van der Waals surface area contributed by atoms with Crippen LogP contribution in [0.4, 0.5) is 5.69 Å². The second-order valence-electron chi connectivity index (χ2n) is 6.32. The van der Waals surface area contributed by atoms with Gasteiger partial charge in [-0.1, -0.05) is 26.0 Å². The van der Waals surface area contributed by atoms with E-state index in [0.29, 0.717) is 30.3 Å². The highest BCUT2D eigenvalue weighted by molar-refractivity contribution is 5.97. The summed E-state index contributed by atoms with van der Waals surface area (Å²) < 4.78 is 7.22. The number of nitro groups is 1. The van der Waals surface area contributed by atoms with Crippen molar-refractivity contribution in [3.05, 3.63) is 64.0 Å². The molecule has 7 heteroatoms.